The summed E-state index contributed by atoms with van der Waals surface area (Å²) >= 11 is 0. The molecule has 0 heterocycles. The number of carbonyl (C=O) groups excluding carboxylic acids is 1. The largest absolute Gasteiger partial charge is 0.482 e. The number of esters is 1. The number of carboxylic acid groups (broad SMARTS) is 1. The van der Waals surface area contributed by atoms with Gasteiger partial charge in [0.2, 0.25) is 0 Å². The maximum atomic E-state index is 11.4. The number of methoxy groups -OCH3 is 1. The van der Waals surface area contributed by atoms with Gasteiger partial charge < -0.3 is 29.5 Å². The van der Waals surface area contributed by atoms with Crippen molar-refractivity contribution in [2.75, 3.05) is 20.3 Å². The topological polar surface area (TPSA) is 123 Å². The monoisotopic (exact) mass is 891 g/mol. The van der Waals surface area contributed by atoms with Gasteiger partial charge in [0.1, 0.15) is 11.5 Å². The van der Waals surface area contributed by atoms with E-state index in [0.717, 1.165) is 47.9 Å². The lowest BCUT2D eigenvalue weighted by Gasteiger charge is -2.34. The van der Waals surface area contributed by atoms with Gasteiger partial charge >= 0.3 is 11.9 Å². The molecule has 4 rings (SSSR count). The van der Waals surface area contributed by atoms with E-state index in [9.17, 15) is 19.8 Å². The van der Waals surface area contributed by atoms with Crippen LogP contribution in [0.5, 0.6) is 11.5 Å². The first-order valence-corrected chi connectivity index (χ1v) is 23.6. The summed E-state index contributed by atoms with van der Waals surface area (Å²) in [5, 5.41) is 30.1. The molecule has 0 atom stereocenters. The van der Waals surface area contributed by atoms with E-state index in [1.165, 1.54) is 40.5 Å². The van der Waals surface area contributed by atoms with Gasteiger partial charge in [0.25, 0.3) is 0 Å². The highest BCUT2D eigenvalue weighted by molar-refractivity contribution is 5.71. The number of hydrogen-bond donors (Lipinski definition) is 3. The van der Waals surface area contributed by atoms with Gasteiger partial charge in [0.15, 0.2) is 13.2 Å². The standard InChI is InChI=1S/C29H40O4.C28H38O4/c1-8-28(31,9-2)17-16-23-12-13-24(18-21(23)5)29(10-3,11-4)25-14-15-26(22(6)19-25)33-20-27(30)32-7;1-7-27(31,8-2)16-15-22-11-12-23(17-20(22)5)28(9-3,10-4)24-13-14-25(21(6)18-24)32-19-26(29)30/h12-19,31H,8-11,20H2,1-7H3;11-18,31H,7-10,19H2,1-6H3,(H,29,30)/b17-16+;16-15+. The number of carboxylic acids is 1. The molecule has 0 aliphatic carbocycles. The van der Waals surface area contributed by atoms with Crippen LogP contribution in [0.15, 0.2) is 84.9 Å². The van der Waals surface area contributed by atoms with Crippen molar-refractivity contribution < 1.29 is 39.1 Å². The summed E-state index contributed by atoms with van der Waals surface area (Å²) in [4.78, 5) is 22.3. The Morgan fingerprint density at radius 1 is 0.492 bits per heavy atom. The molecular formula is C57H78O8. The van der Waals surface area contributed by atoms with Gasteiger partial charge in [0.05, 0.1) is 18.3 Å². The second kappa shape index (κ2) is 24.4. The minimum atomic E-state index is -0.981. The minimum Gasteiger partial charge on any atom is -0.482 e. The normalized spacial score (nSPS) is 12.3. The molecule has 0 amide bonds. The highest BCUT2D eigenvalue weighted by atomic mass is 16.6. The van der Waals surface area contributed by atoms with E-state index in [1.54, 1.807) is 0 Å². The van der Waals surface area contributed by atoms with Crippen LogP contribution < -0.4 is 9.47 Å². The number of aliphatic carboxylic acids is 1. The fourth-order valence-corrected chi connectivity index (χ4v) is 8.80. The predicted octanol–water partition coefficient (Wildman–Crippen LogP) is 13.0. The van der Waals surface area contributed by atoms with E-state index in [1.807, 2.05) is 78.0 Å². The molecule has 0 radical (unpaired) electrons. The summed E-state index contributed by atoms with van der Waals surface area (Å²) in [6.45, 7) is 24.7. The van der Waals surface area contributed by atoms with Gasteiger partial charge in [-0.05, 0) is 147 Å². The van der Waals surface area contributed by atoms with Crippen LogP contribution in [0.2, 0.25) is 0 Å². The van der Waals surface area contributed by atoms with Crippen molar-refractivity contribution >= 4 is 24.1 Å². The SMILES string of the molecule is CCC(O)(/C=C/c1ccc(C(CC)(CC)c2ccc(OCC(=O)O)c(C)c2)cc1C)CC.CCC(O)(/C=C/c1ccc(C(CC)(CC)c2ccc(OCC(=O)OC)c(C)c2)cc1C)CC. The molecule has 0 aliphatic rings. The summed E-state index contributed by atoms with van der Waals surface area (Å²) in [7, 11) is 1.36. The van der Waals surface area contributed by atoms with E-state index in [-0.39, 0.29) is 24.0 Å². The first kappa shape index (κ1) is 54.2. The number of aliphatic hydroxyl groups is 2. The molecule has 0 aliphatic heterocycles. The first-order valence-electron chi connectivity index (χ1n) is 23.6. The maximum absolute atomic E-state index is 11.4. The molecule has 0 aromatic heterocycles. The summed E-state index contributed by atoms with van der Waals surface area (Å²) in [6, 6.07) is 25.5. The Morgan fingerprint density at radius 2 is 0.815 bits per heavy atom. The lowest BCUT2D eigenvalue weighted by molar-refractivity contribution is -0.143. The summed E-state index contributed by atoms with van der Waals surface area (Å²) in [6.07, 6.45) is 14.5. The van der Waals surface area contributed by atoms with Crippen LogP contribution in [-0.2, 0) is 25.2 Å². The molecule has 0 saturated heterocycles. The zero-order chi connectivity index (χ0) is 48.6. The molecule has 4 aromatic rings. The Bertz CT molecular complexity index is 2230. The Labute approximate surface area is 390 Å². The highest BCUT2D eigenvalue weighted by Crippen LogP contribution is 2.43. The minimum absolute atomic E-state index is 0.0945. The third-order valence-electron chi connectivity index (χ3n) is 14.0. The lowest BCUT2D eigenvalue weighted by atomic mass is 9.70. The van der Waals surface area contributed by atoms with Crippen molar-refractivity contribution in [3.05, 3.63) is 141 Å². The second-order valence-electron chi connectivity index (χ2n) is 17.5. The average Bonchev–Trinajstić information content (AvgIpc) is 3.31. The van der Waals surface area contributed by atoms with Crippen LogP contribution in [0.3, 0.4) is 0 Å². The van der Waals surface area contributed by atoms with Crippen molar-refractivity contribution in [3.8, 4) is 11.5 Å². The van der Waals surface area contributed by atoms with Crippen LogP contribution in [-0.4, -0.2) is 58.8 Å². The summed E-state index contributed by atoms with van der Waals surface area (Å²) < 4.78 is 15.7. The number of benzene rings is 4. The number of aryl methyl sites for hydroxylation is 4. The molecule has 4 aromatic carbocycles. The summed E-state index contributed by atoms with van der Waals surface area (Å²) in [5.74, 6) is -0.0729. The van der Waals surface area contributed by atoms with Crippen molar-refractivity contribution in [1.29, 1.82) is 0 Å². The molecule has 65 heavy (non-hydrogen) atoms. The number of ether oxygens (including phenoxy) is 3. The maximum Gasteiger partial charge on any atom is 0.343 e. The van der Waals surface area contributed by atoms with Crippen molar-refractivity contribution in [3.63, 3.8) is 0 Å². The van der Waals surface area contributed by atoms with Crippen LogP contribution in [0, 0.1) is 27.7 Å². The Kier molecular flexibility index (Phi) is 20.3. The van der Waals surface area contributed by atoms with Gasteiger partial charge in [-0.1, -0.05) is 140 Å². The van der Waals surface area contributed by atoms with Gasteiger partial charge in [0, 0.05) is 10.8 Å². The van der Waals surface area contributed by atoms with Crippen LogP contribution >= 0.6 is 0 Å². The molecule has 0 bridgehead atoms. The molecule has 0 unspecified atom stereocenters. The quantitative estimate of drug-likeness (QED) is 0.0667. The van der Waals surface area contributed by atoms with E-state index >= 15 is 0 Å². The number of carbonyl (C=O) groups is 2. The Balaban J connectivity index is 0.000000345. The van der Waals surface area contributed by atoms with Gasteiger partial charge in [-0.25, -0.2) is 9.59 Å². The van der Waals surface area contributed by atoms with E-state index in [0.29, 0.717) is 37.2 Å². The summed E-state index contributed by atoms with van der Waals surface area (Å²) in [5.41, 5.74) is 9.76. The molecule has 0 fully saturated rings. The third kappa shape index (κ3) is 13.5. The Morgan fingerprint density at radius 3 is 1.09 bits per heavy atom. The van der Waals surface area contributed by atoms with E-state index in [2.05, 4.69) is 107 Å². The van der Waals surface area contributed by atoms with E-state index < -0.39 is 23.1 Å². The van der Waals surface area contributed by atoms with Crippen molar-refractivity contribution in [1.82, 2.24) is 0 Å². The third-order valence-corrected chi connectivity index (χ3v) is 14.0. The molecule has 354 valence electrons. The first-order chi connectivity index (χ1) is 30.8. The lowest BCUT2D eigenvalue weighted by Crippen LogP contribution is -2.26. The van der Waals surface area contributed by atoms with Crippen LogP contribution in [0.25, 0.3) is 12.2 Å². The van der Waals surface area contributed by atoms with Crippen molar-refractivity contribution in [2.45, 2.75) is 156 Å². The van der Waals surface area contributed by atoms with E-state index in [4.69, 9.17) is 14.6 Å². The fourth-order valence-electron chi connectivity index (χ4n) is 8.80. The highest BCUT2D eigenvalue weighted by Gasteiger charge is 2.33. The van der Waals surface area contributed by atoms with Gasteiger partial charge in [-0.3, -0.25) is 0 Å². The predicted molar refractivity (Wildman–Crippen MR) is 267 cm³/mol. The zero-order valence-corrected chi connectivity index (χ0v) is 41.7. The molecule has 8 heteroatoms. The van der Waals surface area contributed by atoms with Gasteiger partial charge in [-0.2, -0.15) is 0 Å². The zero-order valence-electron chi connectivity index (χ0n) is 41.7. The average molecular weight is 891 g/mol. The molecule has 0 spiro atoms. The molecular weight excluding hydrogens is 813 g/mol. The second-order valence-corrected chi connectivity index (χ2v) is 17.5. The molecule has 8 nitrogen and oxygen atoms in total. The van der Waals surface area contributed by atoms with Crippen LogP contribution in [0.1, 0.15) is 162 Å². The molecule has 0 saturated carbocycles. The number of rotatable bonds is 22. The smallest absolute Gasteiger partial charge is 0.343 e. The van der Waals surface area contributed by atoms with Crippen molar-refractivity contribution in [2.24, 2.45) is 0 Å². The van der Waals surface area contributed by atoms with Crippen LogP contribution in [0.4, 0.5) is 0 Å². The van der Waals surface area contributed by atoms with Gasteiger partial charge in [-0.15, -0.1) is 0 Å². The molecule has 3 N–H and O–H groups in total. The Hall–Kier alpha value is -5.18. The number of hydrogen-bond acceptors (Lipinski definition) is 7. The fraction of sp³-hybridized carbons (Fsp3) is 0.474.